The maximum atomic E-state index is 5.33. The van der Waals surface area contributed by atoms with E-state index in [1.165, 1.54) is 18.4 Å². The predicted octanol–water partition coefficient (Wildman–Crippen LogP) is 3.06. The van der Waals surface area contributed by atoms with Crippen molar-refractivity contribution in [2.45, 2.75) is 24.2 Å². The third kappa shape index (κ3) is 3.39. The topological polar surface area (TPSA) is 21.7 Å². The van der Waals surface area contributed by atoms with E-state index < -0.39 is 0 Å². The predicted molar refractivity (Wildman–Crippen MR) is 76.8 cm³/mol. The zero-order valence-corrected chi connectivity index (χ0v) is 12.6. The van der Waals surface area contributed by atoms with Crippen molar-refractivity contribution in [3.05, 3.63) is 23.8 Å². The van der Waals surface area contributed by atoms with Gasteiger partial charge in [0.15, 0.2) is 11.5 Å². The molecule has 0 radical (unpaired) electrons. The fourth-order valence-corrected chi connectivity index (χ4v) is 2.71. The van der Waals surface area contributed by atoms with Crippen LogP contribution in [0.2, 0.25) is 0 Å². The monoisotopic (exact) mass is 313 g/mol. The molecular weight excluding hydrogens is 294 g/mol. The van der Waals surface area contributed by atoms with E-state index in [9.17, 15) is 0 Å². The number of piperidine rings is 1. The van der Waals surface area contributed by atoms with Crippen molar-refractivity contribution in [2.24, 2.45) is 0 Å². The highest BCUT2D eigenvalue weighted by atomic mass is 79.9. The molecule has 0 N–H and O–H groups in total. The van der Waals surface area contributed by atoms with Gasteiger partial charge in [-0.2, -0.15) is 0 Å². The van der Waals surface area contributed by atoms with Crippen LogP contribution in [-0.4, -0.2) is 37.0 Å². The van der Waals surface area contributed by atoms with E-state index in [0.717, 1.165) is 31.1 Å². The number of likely N-dealkylation sites (tertiary alicyclic amines) is 1. The third-order valence-electron chi connectivity index (χ3n) is 3.37. The second kappa shape index (κ2) is 6.43. The van der Waals surface area contributed by atoms with E-state index in [1.807, 2.05) is 6.07 Å². The minimum absolute atomic E-state index is 0.694. The van der Waals surface area contributed by atoms with Gasteiger partial charge in [-0.1, -0.05) is 22.0 Å². The molecule has 1 heterocycles. The molecule has 2 rings (SSSR count). The molecule has 1 aromatic carbocycles. The molecule has 1 aromatic rings. The highest BCUT2D eigenvalue weighted by Crippen LogP contribution is 2.28. The first-order valence-electron chi connectivity index (χ1n) is 6.30. The lowest BCUT2D eigenvalue weighted by Gasteiger charge is -2.29. The summed E-state index contributed by atoms with van der Waals surface area (Å²) in [7, 11) is 3.34. The molecule has 0 amide bonds. The van der Waals surface area contributed by atoms with Crippen LogP contribution in [0.5, 0.6) is 11.5 Å². The van der Waals surface area contributed by atoms with Gasteiger partial charge in [0.25, 0.3) is 0 Å². The number of nitrogens with zero attached hydrogens (tertiary/aromatic N) is 1. The average Bonchev–Trinajstić information content (AvgIpc) is 2.41. The molecule has 100 valence electrons. The fourth-order valence-electron chi connectivity index (χ4n) is 2.30. The summed E-state index contributed by atoms with van der Waals surface area (Å²) >= 11 is 3.68. The van der Waals surface area contributed by atoms with Crippen molar-refractivity contribution < 1.29 is 9.47 Å². The first kappa shape index (κ1) is 13.7. The number of hydrogen-bond acceptors (Lipinski definition) is 3. The largest absolute Gasteiger partial charge is 0.493 e. The van der Waals surface area contributed by atoms with Gasteiger partial charge in [-0.25, -0.2) is 0 Å². The number of hydrogen-bond donors (Lipinski definition) is 0. The Morgan fingerprint density at radius 1 is 1.17 bits per heavy atom. The van der Waals surface area contributed by atoms with Crippen molar-refractivity contribution in [1.29, 1.82) is 0 Å². The van der Waals surface area contributed by atoms with Gasteiger partial charge in [-0.15, -0.1) is 0 Å². The Kier molecular flexibility index (Phi) is 4.89. The minimum Gasteiger partial charge on any atom is -0.493 e. The number of ether oxygens (including phenoxy) is 2. The molecule has 0 aromatic heterocycles. The van der Waals surface area contributed by atoms with Gasteiger partial charge in [0.2, 0.25) is 0 Å². The Labute approximate surface area is 117 Å². The van der Waals surface area contributed by atoms with Crippen molar-refractivity contribution in [2.75, 3.05) is 27.3 Å². The summed E-state index contributed by atoms with van der Waals surface area (Å²) in [6.45, 7) is 3.30. The third-order valence-corrected chi connectivity index (χ3v) is 4.29. The SMILES string of the molecule is COc1ccc(CN2CCC(Br)CC2)cc1OC. The number of methoxy groups -OCH3 is 2. The smallest absolute Gasteiger partial charge is 0.161 e. The van der Waals surface area contributed by atoms with E-state index in [2.05, 4.69) is 33.0 Å². The van der Waals surface area contributed by atoms with E-state index >= 15 is 0 Å². The summed E-state index contributed by atoms with van der Waals surface area (Å²) in [5.74, 6) is 1.60. The van der Waals surface area contributed by atoms with Crippen LogP contribution in [-0.2, 0) is 6.54 Å². The molecule has 0 unspecified atom stereocenters. The van der Waals surface area contributed by atoms with Gasteiger partial charge in [0.05, 0.1) is 14.2 Å². The second-order valence-electron chi connectivity index (χ2n) is 4.64. The first-order chi connectivity index (χ1) is 8.72. The van der Waals surface area contributed by atoms with Gasteiger partial charge >= 0.3 is 0 Å². The van der Waals surface area contributed by atoms with E-state index in [0.29, 0.717) is 4.83 Å². The van der Waals surface area contributed by atoms with Crippen molar-refractivity contribution in [3.63, 3.8) is 0 Å². The molecule has 0 spiro atoms. The summed E-state index contributed by atoms with van der Waals surface area (Å²) < 4.78 is 10.6. The van der Waals surface area contributed by atoms with Gasteiger partial charge in [-0.05, 0) is 43.6 Å². The lowest BCUT2D eigenvalue weighted by molar-refractivity contribution is 0.226. The van der Waals surface area contributed by atoms with Crippen LogP contribution >= 0.6 is 15.9 Å². The number of alkyl halides is 1. The maximum absolute atomic E-state index is 5.33. The van der Waals surface area contributed by atoms with Crippen LogP contribution in [0, 0.1) is 0 Å². The van der Waals surface area contributed by atoms with Crippen LogP contribution in [0.25, 0.3) is 0 Å². The Morgan fingerprint density at radius 2 is 1.83 bits per heavy atom. The number of rotatable bonds is 4. The van der Waals surface area contributed by atoms with Crippen LogP contribution < -0.4 is 9.47 Å². The Balaban J connectivity index is 2.01. The van der Waals surface area contributed by atoms with Crippen molar-refractivity contribution in [1.82, 2.24) is 4.90 Å². The zero-order valence-electron chi connectivity index (χ0n) is 11.0. The van der Waals surface area contributed by atoms with Crippen molar-refractivity contribution in [3.8, 4) is 11.5 Å². The quantitative estimate of drug-likeness (QED) is 0.797. The Bertz CT molecular complexity index is 389. The summed E-state index contributed by atoms with van der Waals surface area (Å²) in [5, 5.41) is 0. The molecular formula is C14H20BrNO2. The van der Waals surface area contributed by atoms with E-state index in [-0.39, 0.29) is 0 Å². The van der Waals surface area contributed by atoms with E-state index in [1.54, 1.807) is 14.2 Å². The van der Waals surface area contributed by atoms with Crippen LogP contribution in [0.3, 0.4) is 0 Å². The molecule has 1 saturated heterocycles. The molecule has 18 heavy (non-hydrogen) atoms. The molecule has 1 aliphatic heterocycles. The summed E-state index contributed by atoms with van der Waals surface area (Å²) in [6.07, 6.45) is 2.46. The Morgan fingerprint density at radius 3 is 2.44 bits per heavy atom. The van der Waals surface area contributed by atoms with Gasteiger partial charge in [0, 0.05) is 11.4 Å². The zero-order chi connectivity index (χ0) is 13.0. The highest BCUT2D eigenvalue weighted by Gasteiger charge is 2.17. The van der Waals surface area contributed by atoms with Crippen LogP contribution in [0.4, 0.5) is 0 Å². The second-order valence-corrected chi connectivity index (χ2v) is 5.94. The average molecular weight is 314 g/mol. The van der Waals surface area contributed by atoms with Crippen molar-refractivity contribution >= 4 is 15.9 Å². The molecule has 0 saturated carbocycles. The fraction of sp³-hybridized carbons (Fsp3) is 0.571. The molecule has 0 aliphatic carbocycles. The van der Waals surface area contributed by atoms with E-state index in [4.69, 9.17) is 9.47 Å². The standard InChI is InChI=1S/C14H20BrNO2/c1-17-13-4-3-11(9-14(13)18-2)10-16-7-5-12(15)6-8-16/h3-4,9,12H,5-8,10H2,1-2H3. The number of halogens is 1. The summed E-state index contributed by atoms with van der Waals surface area (Å²) in [6, 6.07) is 6.16. The van der Waals surface area contributed by atoms with Crippen LogP contribution in [0.15, 0.2) is 18.2 Å². The summed E-state index contributed by atoms with van der Waals surface area (Å²) in [4.78, 5) is 3.18. The molecule has 0 atom stereocenters. The molecule has 1 aliphatic rings. The lowest BCUT2D eigenvalue weighted by Crippen LogP contribution is -2.33. The molecule has 3 nitrogen and oxygen atoms in total. The van der Waals surface area contributed by atoms with Gasteiger partial charge in [-0.3, -0.25) is 4.90 Å². The normalized spacial score (nSPS) is 17.7. The molecule has 0 bridgehead atoms. The summed E-state index contributed by atoms with van der Waals surface area (Å²) in [5.41, 5.74) is 1.28. The minimum atomic E-state index is 0.694. The van der Waals surface area contributed by atoms with Crippen LogP contribution in [0.1, 0.15) is 18.4 Å². The lowest BCUT2D eigenvalue weighted by atomic mass is 10.1. The van der Waals surface area contributed by atoms with Gasteiger partial charge in [0.1, 0.15) is 0 Å². The first-order valence-corrected chi connectivity index (χ1v) is 7.22. The number of benzene rings is 1. The van der Waals surface area contributed by atoms with Gasteiger partial charge < -0.3 is 9.47 Å². The Hall–Kier alpha value is -0.740. The maximum Gasteiger partial charge on any atom is 0.161 e. The molecule has 4 heteroatoms. The molecule has 1 fully saturated rings. The highest BCUT2D eigenvalue weighted by molar-refractivity contribution is 9.09.